The molecule has 2 heterocycles. The third kappa shape index (κ3) is 3.00. The average molecular weight is 379 g/mol. The van der Waals surface area contributed by atoms with E-state index in [-0.39, 0.29) is 35.0 Å². The third-order valence-electron chi connectivity index (χ3n) is 6.08. The first-order valence-corrected chi connectivity index (χ1v) is 10.7. The fourth-order valence-corrected chi connectivity index (χ4v) is 5.45. The van der Waals surface area contributed by atoms with E-state index < -0.39 is 10.0 Å². The van der Waals surface area contributed by atoms with Crippen LogP contribution in [0, 0.1) is 5.41 Å². The number of sulfonamides is 1. The highest BCUT2D eigenvalue weighted by atomic mass is 32.2. The summed E-state index contributed by atoms with van der Waals surface area (Å²) >= 11 is 0. The predicted octanol–water partition coefficient (Wildman–Crippen LogP) is 1.58. The largest absolute Gasteiger partial charge is 0.376 e. The molecule has 2 amide bonds. The van der Waals surface area contributed by atoms with Gasteiger partial charge in [0.2, 0.25) is 10.0 Å². The maximum absolute atomic E-state index is 12.7. The Labute approximate surface area is 153 Å². The number of benzene rings is 1. The van der Waals surface area contributed by atoms with E-state index in [1.807, 2.05) is 4.90 Å². The average Bonchev–Trinajstić information content (AvgIpc) is 3.03. The van der Waals surface area contributed by atoms with Gasteiger partial charge in [0.15, 0.2) is 0 Å². The smallest absolute Gasteiger partial charge is 0.318 e. The van der Waals surface area contributed by atoms with Crippen LogP contribution in [0.1, 0.15) is 37.7 Å². The van der Waals surface area contributed by atoms with Crippen molar-refractivity contribution >= 4 is 16.1 Å². The lowest BCUT2D eigenvalue weighted by molar-refractivity contribution is -0.148. The number of amides is 2. The highest BCUT2D eigenvalue weighted by Gasteiger charge is 2.60. The molecule has 1 spiro atoms. The number of nitrogens with zero attached hydrogens (tertiary/aromatic N) is 1. The first-order valence-electron chi connectivity index (χ1n) is 9.18. The first kappa shape index (κ1) is 17.8. The fraction of sp³-hybridized carbons (Fsp3) is 0.611. The van der Waals surface area contributed by atoms with E-state index in [1.54, 1.807) is 18.2 Å². The van der Waals surface area contributed by atoms with Crippen LogP contribution in [0.2, 0.25) is 0 Å². The van der Waals surface area contributed by atoms with Crippen molar-refractivity contribution in [3.63, 3.8) is 0 Å². The topological polar surface area (TPSA) is 102 Å². The van der Waals surface area contributed by atoms with Crippen molar-refractivity contribution in [1.82, 2.24) is 10.2 Å². The highest BCUT2D eigenvalue weighted by Crippen LogP contribution is 2.55. The zero-order chi connectivity index (χ0) is 18.4. The van der Waals surface area contributed by atoms with Crippen LogP contribution < -0.4 is 10.5 Å². The summed E-state index contributed by atoms with van der Waals surface area (Å²) in [7, 11) is -3.82. The van der Waals surface area contributed by atoms with Crippen molar-refractivity contribution in [3.8, 4) is 0 Å². The molecule has 0 aromatic heterocycles. The van der Waals surface area contributed by atoms with Crippen LogP contribution in [0.5, 0.6) is 0 Å². The lowest BCUT2D eigenvalue weighted by Gasteiger charge is -2.63. The minimum atomic E-state index is -3.82. The molecule has 3 aliphatic rings. The number of urea groups is 1. The zero-order valence-corrected chi connectivity index (χ0v) is 15.5. The molecule has 1 aromatic rings. The number of nitrogens with two attached hydrogens (primary N) is 1. The Morgan fingerprint density at radius 1 is 1.31 bits per heavy atom. The van der Waals surface area contributed by atoms with Gasteiger partial charge in [0.1, 0.15) is 0 Å². The quantitative estimate of drug-likeness (QED) is 0.829. The van der Waals surface area contributed by atoms with Crippen molar-refractivity contribution in [3.05, 3.63) is 29.8 Å². The molecule has 26 heavy (non-hydrogen) atoms. The molecule has 1 saturated carbocycles. The van der Waals surface area contributed by atoms with E-state index in [2.05, 4.69) is 5.32 Å². The second kappa shape index (κ2) is 6.51. The van der Waals surface area contributed by atoms with Gasteiger partial charge in [-0.25, -0.2) is 18.4 Å². The lowest BCUT2D eigenvalue weighted by atomic mass is 9.56. The molecular weight excluding hydrogens is 354 g/mol. The molecule has 2 atom stereocenters. The maximum atomic E-state index is 12.7. The van der Waals surface area contributed by atoms with Crippen LogP contribution >= 0.6 is 0 Å². The number of carbonyl (C=O) groups is 1. The summed E-state index contributed by atoms with van der Waals surface area (Å²) in [5.41, 5.74) is 0.737. The minimum Gasteiger partial charge on any atom is -0.376 e. The van der Waals surface area contributed by atoms with E-state index in [0.29, 0.717) is 5.56 Å². The molecule has 8 heteroatoms. The number of hydrogen-bond acceptors (Lipinski definition) is 4. The van der Waals surface area contributed by atoms with E-state index in [1.165, 1.54) is 12.5 Å². The number of primary sulfonamides is 1. The molecule has 1 aromatic carbocycles. The van der Waals surface area contributed by atoms with Gasteiger partial charge < -0.3 is 15.0 Å². The van der Waals surface area contributed by atoms with Crippen LogP contribution in [-0.4, -0.2) is 44.6 Å². The molecule has 0 bridgehead atoms. The van der Waals surface area contributed by atoms with E-state index in [0.717, 1.165) is 38.8 Å². The number of likely N-dealkylation sites (tertiary alicyclic amines) is 1. The number of carbonyl (C=O) groups excluding carboxylic acids is 1. The molecule has 3 N–H and O–H groups in total. The maximum Gasteiger partial charge on any atom is 0.318 e. The number of rotatable bonds is 4. The van der Waals surface area contributed by atoms with E-state index in [4.69, 9.17) is 9.88 Å². The summed E-state index contributed by atoms with van der Waals surface area (Å²) in [6.07, 6.45) is 5.73. The monoisotopic (exact) mass is 379 g/mol. The second-order valence-corrected chi connectivity index (χ2v) is 9.18. The lowest BCUT2D eigenvalue weighted by Crippen LogP contribution is -2.73. The standard InChI is InChI=1S/C18H25N3O4S/c19-26(23,24)15-7-2-1-5-13(15)11-20-17(22)21-12-18(8-4-9-18)16(21)14-6-3-10-25-14/h1-2,5,7,14,16H,3-4,6,8-12H2,(H,20,22)(H2,19,23,24). The fourth-order valence-electron chi connectivity index (χ4n) is 4.68. The predicted molar refractivity (Wildman–Crippen MR) is 95.8 cm³/mol. The van der Waals surface area contributed by atoms with Gasteiger partial charge in [-0.05, 0) is 37.3 Å². The first-order chi connectivity index (χ1) is 12.4. The Bertz CT molecular complexity index is 800. The van der Waals surface area contributed by atoms with Gasteiger partial charge in [-0.3, -0.25) is 0 Å². The van der Waals surface area contributed by atoms with Gasteiger partial charge in [-0.2, -0.15) is 0 Å². The van der Waals surface area contributed by atoms with Crippen LogP contribution in [0.25, 0.3) is 0 Å². The zero-order valence-electron chi connectivity index (χ0n) is 14.7. The number of nitrogens with one attached hydrogen (secondary N) is 1. The van der Waals surface area contributed by atoms with Crippen LogP contribution in [-0.2, 0) is 21.3 Å². The molecule has 0 radical (unpaired) electrons. The van der Waals surface area contributed by atoms with Gasteiger partial charge in [0, 0.05) is 25.1 Å². The molecule has 1 aliphatic carbocycles. The number of ether oxygens (including phenoxy) is 1. The van der Waals surface area contributed by atoms with E-state index in [9.17, 15) is 13.2 Å². The number of hydrogen-bond donors (Lipinski definition) is 2. The molecule has 142 valence electrons. The summed E-state index contributed by atoms with van der Waals surface area (Å²) in [5.74, 6) is 0. The molecule has 2 aliphatic heterocycles. The Morgan fingerprint density at radius 2 is 2.08 bits per heavy atom. The molecule has 3 fully saturated rings. The Balaban J connectivity index is 1.44. The minimum absolute atomic E-state index is 0.0510. The molecule has 2 unspecified atom stereocenters. The van der Waals surface area contributed by atoms with E-state index >= 15 is 0 Å². The van der Waals surface area contributed by atoms with Crippen molar-refractivity contribution in [2.75, 3.05) is 13.2 Å². The summed E-state index contributed by atoms with van der Waals surface area (Å²) in [6.45, 7) is 1.67. The molecular formula is C18H25N3O4S. The Hall–Kier alpha value is -1.64. The Morgan fingerprint density at radius 3 is 2.69 bits per heavy atom. The summed E-state index contributed by atoms with van der Waals surface area (Å²) < 4.78 is 29.3. The highest BCUT2D eigenvalue weighted by molar-refractivity contribution is 7.89. The molecule has 4 rings (SSSR count). The van der Waals surface area contributed by atoms with Gasteiger partial charge in [0.25, 0.3) is 0 Å². The van der Waals surface area contributed by atoms with Crippen LogP contribution in [0.15, 0.2) is 29.2 Å². The van der Waals surface area contributed by atoms with Crippen molar-refractivity contribution in [2.24, 2.45) is 10.6 Å². The molecule has 7 nitrogen and oxygen atoms in total. The summed E-state index contributed by atoms with van der Waals surface area (Å²) in [5, 5.41) is 8.12. The van der Waals surface area contributed by atoms with Crippen LogP contribution in [0.4, 0.5) is 4.79 Å². The van der Waals surface area contributed by atoms with Crippen molar-refractivity contribution in [1.29, 1.82) is 0 Å². The SMILES string of the molecule is NS(=O)(=O)c1ccccc1CNC(=O)N1CC2(CCC2)C1C1CCCO1. The second-order valence-electron chi connectivity index (χ2n) is 7.65. The van der Waals surface area contributed by atoms with Gasteiger partial charge in [0.05, 0.1) is 17.0 Å². The Kier molecular flexibility index (Phi) is 4.45. The summed E-state index contributed by atoms with van der Waals surface area (Å²) in [6, 6.07) is 6.46. The van der Waals surface area contributed by atoms with Gasteiger partial charge >= 0.3 is 6.03 Å². The third-order valence-corrected chi connectivity index (χ3v) is 7.10. The molecule has 2 saturated heterocycles. The van der Waals surface area contributed by atoms with Crippen molar-refractivity contribution in [2.45, 2.75) is 55.7 Å². The van der Waals surface area contributed by atoms with Gasteiger partial charge in [-0.1, -0.05) is 24.6 Å². The summed E-state index contributed by atoms with van der Waals surface area (Å²) in [4.78, 5) is 14.7. The van der Waals surface area contributed by atoms with Crippen molar-refractivity contribution < 1.29 is 17.9 Å². The van der Waals surface area contributed by atoms with Crippen LogP contribution in [0.3, 0.4) is 0 Å². The normalized spacial score (nSPS) is 27.0. The van der Waals surface area contributed by atoms with Gasteiger partial charge in [-0.15, -0.1) is 0 Å².